The van der Waals surface area contributed by atoms with E-state index in [2.05, 4.69) is 15.5 Å². The molecule has 0 saturated carbocycles. The zero-order valence-electron chi connectivity index (χ0n) is 11.5. The number of carboxylic acids is 1. The van der Waals surface area contributed by atoms with E-state index in [4.69, 9.17) is 5.11 Å². The van der Waals surface area contributed by atoms with Crippen LogP contribution < -0.4 is 10.2 Å². The Hall–Kier alpha value is -2.18. The predicted molar refractivity (Wildman–Crippen MR) is 72.5 cm³/mol. The molecule has 1 aromatic rings. The minimum absolute atomic E-state index is 0.0670. The first-order valence-electron chi connectivity index (χ1n) is 6.62. The molecule has 0 bridgehead atoms. The van der Waals surface area contributed by atoms with Gasteiger partial charge in [-0.25, -0.2) is 0 Å². The highest BCUT2D eigenvalue weighted by molar-refractivity contribution is 5.92. The summed E-state index contributed by atoms with van der Waals surface area (Å²) in [6.07, 6.45) is 0. The molecule has 2 rings (SSSR count). The standard InChI is InChI=1S/C13H18N4O3/c1-3-14-12(18)10-4-5-11(16-15-10)17-6-8(2)9(7-17)13(19)20/h4-5,8-9H,3,6-7H2,1-2H3,(H,14,18)(H,19,20)/t8-,9-/m1/s1. The number of aromatic nitrogens is 2. The summed E-state index contributed by atoms with van der Waals surface area (Å²) in [4.78, 5) is 24.5. The predicted octanol–water partition coefficient (Wildman–Crippen LogP) is 0.383. The first-order chi connectivity index (χ1) is 9.52. The van der Waals surface area contributed by atoms with Crippen LogP contribution in [0.3, 0.4) is 0 Å². The molecular formula is C13H18N4O3. The normalized spacial score (nSPS) is 21.8. The second kappa shape index (κ2) is 5.85. The van der Waals surface area contributed by atoms with Gasteiger partial charge in [0.15, 0.2) is 11.5 Å². The van der Waals surface area contributed by atoms with Crippen molar-refractivity contribution in [3.63, 3.8) is 0 Å². The monoisotopic (exact) mass is 278 g/mol. The summed E-state index contributed by atoms with van der Waals surface area (Å²) in [6.45, 7) is 5.33. The van der Waals surface area contributed by atoms with Crippen molar-refractivity contribution in [2.24, 2.45) is 11.8 Å². The SMILES string of the molecule is CCNC(=O)c1ccc(N2C[C@@H](C)[C@H](C(=O)O)C2)nn1. The van der Waals surface area contributed by atoms with Crippen molar-refractivity contribution < 1.29 is 14.7 Å². The number of hydrogen-bond donors (Lipinski definition) is 2. The fourth-order valence-corrected chi connectivity index (χ4v) is 2.34. The number of carbonyl (C=O) groups is 2. The fourth-order valence-electron chi connectivity index (χ4n) is 2.34. The lowest BCUT2D eigenvalue weighted by Gasteiger charge is -2.16. The van der Waals surface area contributed by atoms with Gasteiger partial charge in [0.05, 0.1) is 5.92 Å². The van der Waals surface area contributed by atoms with E-state index in [1.54, 1.807) is 12.1 Å². The lowest BCUT2D eigenvalue weighted by atomic mass is 9.99. The second-order valence-electron chi connectivity index (χ2n) is 4.96. The van der Waals surface area contributed by atoms with Crippen molar-refractivity contribution in [3.8, 4) is 0 Å². The third-order valence-electron chi connectivity index (χ3n) is 3.47. The Bertz CT molecular complexity index is 503. The molecular weight excluding hydrogens is 260 g/mol. The van der Waals surface area contributed by atoms with Gasteiger partial charge in [0, 0.05) is 19.6 Å². The molecule has 2 heterocycles. The molecule has 20 heavy (non-hydrogen) atoms. The Morgan fingerprint density at radius 3 is 2.65 bits per heavy atom. The van der Waals surface area contributed by atoms with Crippen LogP contribution in [-0.4, -0.2) is 46.8 Å². The number of rotatable bonds is 4. The minimum atomic E-state index is -0.785. The van der Waals surface area contributed by atoms with Crippen LogP contribution in [0.4, 0.5) is 5.82 Å². The van der Waals surface area contributed by atoms with Crippen LogP contribution in [0, 0.1) is 11.8 Å². The Labute approximate surface area is 117 Å². The molecule has 1 saturated heterocycles. The van der Waals surface area contributed by atoms with E-state index in [1.165, 1.54) is 0 Å². The summed E-state index contributed by atoms with van der Waals surface area (Å²) < 4.78 is 0. The first kappa shape index (κ1) is 14.2. The number of nitrogens with one attached hydrogen (secondary N) is 1. The van der Waals surface area contributed by atoms with Gasteiger partial charge in [-0.3, -0.25) is 9.59 Å². The van der Waals surface area contributed by atoms with Gasteiger partial charge in [0.25, 0.3) is 5.91 Å². The van der Waals surface area contributed by atoms with Gasteiger partial charge in [-0.1, -0.05) is 6.92 Å². The lowest BCUT2D eigenvalue weighted by molar-refractivity contribution is -0.142. The molecule has 1 aliphatic rings. The molecule has 7 heteroatoms. The molecule has 0 unspecified atom stereocenters. The number of carbonyl (C=O) groups excluding carboxylic acids is 1. The Balaban J connectivity index is 2.08. The van der Waals surface area contributed by atoms with Gasteiger partial charge in [0.2, 0.25) is 0 Å². The highest BCUT2D eigenvalue weighted by atomic mass is 16.4. The summed E-state index contributed by atoms with van der Waals surface area (Å²) in [6, 6.07) is 3.31. The van der Waals surface area contributed by atoms with E-state index in [0.717, 1.165) is 0 Å². The molecule has 108 valence electrons. The number of nitrogens with zero attached hydrogens (tertiary/aromatic N) is 3. The van der Waals surface area contributed by atoms with Crippen molar-refractivity contribution in [2.45, 2.75) is 13.8 Å². The van der Waals surface area contributed by atoms with Crippen molar-refractivity contribution in [2.75, 3.05) is 24.5 Å². The fraction of sp³-hybridized carbons (Fsp3) is 0.538. The molecule has 1 amide bonds. The topological polar surface area (TPSA) is 95.4 Å². The highest BCUT2D eigenvalue weighted by Crippen LogP contribution is 2.26. The third-order valence-corrected chi connectivity index (χ3v) is 3.47. The third kappa shape index (κ3) is 2.87. The molecule has 0 spiro atoms. The van der Waals surface area contributed by atoms with Crippen LogP contribution in [0.15, 0.2) is 12.1 Å². The smallest absolute Gasteiger partial charge is 0.308 e. The number of hydrogen-bond acceptors (Lipinski definition) is 5. The largest absolute Gasteiger partial charge is 0.481 e. The van der Waals surface area contributed by atoms with Gasteiger partial charge < -0.3 is 15.3 Å². The average Bonchev–Trinajstić information content (AvgIpc) is 2.81. The minimum Gasteiger partial charge on any atom is -0.481 e. The second-order valence-corrected chi connectivity index (χ2v) is 4.96. The Morgan fingerprint density at radius 1 is 1.40 bits per heavy atom. The molecule has 0 radical (unpaired) electrons. The van der Waals surface area contributed by atoms with Gasteiger partial charge in [-0.05, 0) is 25.0 Å². The van der Waals surface area contributed by atoms with Gasteiger partial charge in [-0.15, -0.1) is 10.2 Å². The summed E-state index contributed by atoms with van der Waals surface area (Å²) in [7, 11) is 0. The maximum Gasteiger partial charge on any atom is 0.308 e. The summed E-state index contributed by atoms with van der Waals surface area (Å²) in [5.41, 5.74) is 0.262. The molecule has 0 aromatic carbocycles. The van der Waals surface area contributed by atoms with Crippen LogP contribution in [0.25, 0.3) is 0 Å². The molecule has 2 atom stereocenters. The Kier molecular flexibility index (Phi) is 4.16. The highest BCUT2D eigenvalue weighted by Gasteiger charge is 2.35. The number of carboxylic acid groups (broad SMARTS) is 1. The van der Waals surface area contributed by atoms with Crippen molar-refractivity contribution in [3.05, 3.63) is 17.8 Å². The Morgan fingerprint density at radius 2 is 2.15 bits per heavy atom. The van der Waals surface area contributed by atoms with Crippen LogP contribution >= 0.6 is 0 Å². The molecule has 0 aliphatic carbocycles. The van der Waals surface area contributed by atoms with Crippen molar-refractivity contribution >= 4 is 17.7 Å². The maximum absolute atomic E-state index is 11.6. The molecule has 1 aromatic heterocycles. The van der Waals surface area contributed by atoms with Crippen molar-refractivity contribution in [1.29, 1.82) is 0 Å². The van der Waals surface area contributed by atoms with E-state index in [0.29, 0.717) is 25.5 Å². The van der Waals surface area contributed by atoms with E-state index < -0.39 is 5.97 Å². The molecule has 2 N–H and O–H groups in total. The first-order valence-corrected chi connectivity index (χ1v) is 6.62. The van der Waals surface area contributed by atoms with Crippen LogP contribution in [0.5, 0.6) is 0 Å². The summed E-state index contributed by atoms with van der Waals surface area (Å²) >= 11 is 0. The number of anilines is 1. The van der Waals surface area contributed by atoms with E-state index in [-0.39, 0.29) is 23.4 Å². The van der Waals surface area contributed by atoms with Gasteiger partial charge >= 0.3 is 5.97 Å². The zero-order valence-corrected chi connectivity index (χ0v) is 11.5. The summed E-state index contributed by atoms with van der Waals surface area (Å²) in [5, 5.41) is 19.7. The van der Waals surface area contributed by atoms with Crippen LogP contribution in [-0.2, 0) is 4.79 Å². The summed E-state index contributed by atoms with van der Waals surface area (Å²) in [5.74, 6) is -0.762. The molecule has 1 fully saturated rings. The van der Waals surface area contributed by atoms with Gasteiger partial charge in [-0.2, -0.15) is 0 Å². The number of aliphatic carboxylic acids is 1. The zero-order chi connectivity index (χ0) is 14.7. The van der Waals surface area contributed by atoms with E-state index in [1.807, 2.05) is 18.7 Å². The van der Waals surface area contributed by atoms with Gasteiger partial charge in [0.1, 0.15) is 0 Å². The van der Waals surface area contributed by atoms with E-state index in [9.17, 15) is 9.59 Å². The average molecular weight is 278 g/mol. The van der Waals surface area contributed by atoms with Crippen molar-refractivity contribution in [1.82, 2.24) is 15.5 Å². The molecule has 7 nitrogen and oxygen atoms in total. The lowest BCUT2D eigenvalue weighted by Crippen LogP contribution is -2.26. The van der Waals surface area contributed by atoms with Crippen LogP contribution in [0.1, 0.15) is 24.3 Å². The molecule has 1 aliphatic heterocycles. The maximum atomic E-state index is 11.6. The van der Waals surface area contributed by atoms with Crippen LogP contribution in [0.2, 0.25) is 0 Å². The quantitative estimate of drug-likeness (QED) is 0.827. The van der Waals surface area contributed by atoms with E-state index >= 15 is 0 Å². The number of amides is 1.